The number of nitrogens with two attached hydrogens (primary N) is 1. The Morgan fingerprint density at radius 3 is 2.56 bits per heavy atom. The minimum Gasteiger partial charge on any atom is -0.496 e. The van der Waals surface area contributed by atoms with Crippen molar-refractivity contribution in [2.24, 2.45) is 17.1 Å². The minimum atomic E-state index is -1.63. The molecule has 2 N–H and O–H groups in total. The molecule has 136 valence electrons. The Labute approximate surface area is 159 Å². The van der Waals surface area contributed by atoms with E-state index < -0.39 is 11.3 Å². The molecule has 1 aromatic carbocycles. The SMILES string of the molecule is CCN1CC=C2C(C#N)=C(N)C(C#N)(C#N)[C@H](c3ccccc3OC)[C@@H]2C1. The summed E-state index contributed by atoms with van der Waals surface area (Å²) in [6.45, 7) is 4.27. The van der Waals surface area contributed by atoms with Crippen molar-refractivity contribution in [3.8, 4) is 24.0 Å². The summed E-state index contributed by atoms with van der Waals surface area (Å²) in [5.74, 6) is -0.115. The van der Waals surface area contributed by atoms with E-state index in [4.69, 9.17) is 10.5 Å². The number of rotatable bonds is 3. The van der Waals surface area contributed by atoms with Crippen molar-refractivity contribution in [2.45, 2.75) is 12.8 Å². The standard InChI is InChI=1S/C21H21N5O/c1-3-26-9-8-14-16(10-22)20(25)21(12-23,13-24)19(17(14)11-26)15-6-4-5-7-18(15)27-2/h4-8,17,19H,3,9,11,25H2,1-2H3/t17-,19-/m1/s1. The van der Waals surface area contributed by atoms with Crippen LogP contribution in [0.15, 0.2) is 47.2 Å². The summed E-state index contributed by atoms with van der Waals surface area (Å²) in [4.78, 5) is 2.23. The zero-order valence-electron chi connectivity index (χ0n) is 15.4. The lowest BCUT2D eigenvalue weighted by Crippen LogP contribution is -2.48. The highest BCUT2D eigenvalue weighted by molar-refractivity contribution is 5.60. The number of allylic oxidation sites excluding steroid dienone is 2. The first-order valence-corrected chi connectivity index (χ1v) is 8.86. The molecule has 3 rings (SSSR count). The second-order valence-electron chi connectivity index (χ2n) is 6.77. The lowest BCUT2D eigenvalue weighted by Gasteiger charge is -2.45. The molecule has 2 aliphatic rings. The molecule has 0 fully saturated rings. The van der Waals surface area contributed by atoms with Crippen molar-refractivity contribution in [1.82, 2.24) is 4.90 Å². The number of fused-ring (bicyclic) bond motifs is 1. The first kappa shape index (κ1) is 18.5. The van der Waals surface area contributed by atoms with Crippen molar-refractivity contribution < 1.29 is 4.74 Å². The largest absolute Gasteiger partial charge is 0.496 e. The molecule has 1 aromatic rings. The normalized spacial score (nSPS) is 24.0. The van der Waals surface area contributed by atoms with Crippen LogP contribution in [0.1, 0.15) is 18.4 Å². The van der Waals surface area contributed by atoms with Crippen LogP contribution in [-0.4, -0.2) is 31.6 Å². The van der Waals surface area contributed by atoms with Gasteiger partial charge in [-0.3, -0.25) is 4.90 Å². The van der Waals surface area contributed by atoms with Crippen LogP contribution in [0.2, 0.25) is 0 Å². The average Bonchev–Trinajstić information content (AvgIpc) is 2.72. The van der Waals surface area contributed by atoms with Crippen LogP contribution in [0, 0.1) is 45.3 Å². The van der Waals surface area contributed by atoms with E-state index >= 15 is 0 Å². The van der Waals surface area contributed by atoms with Gasteiger partial charge in [-0.15, -0.1) is 0 Å². The molecule has 0 radical (unpaired) electrons. The van der Waals surface area contributed by atoms with Crippen LogP contribution in [-0.2, 0) is 0 Å². The number of methoxy groups -OCH3 is 1. The van der Waals surface area contributed by atoms with E-state index in [1.54, 1.807) is 7.11 Å². The molecule has 6 nitrogen and oxygen atoms in total. The molecule has 27 heavy (non-hydrogen) atoms. The Bertz CT molecular complexity index is 927. The summed E-state index contributed by atoms with van der Waals surface area (Å²) in [5, 5.41) is 29.8. The van der Waals surface area contributed by atoms with Gasteiger partial charge in [0.05, 0.1) is 30.5 Å². The monoisotopic (exact) mass is 359 g/mol. The molecule has 1 aliphatic heterocycles. The number of ether oxygens (including phenoxy) is 1. The maximum atomic E-state index is 10.1. The third-order valence-electron chi connectivity index (χ3n) is 5.66. The van der Waals surface area contributed by atoms with E-state index in [2.05, 4.69) is 30.0 Å². The highest BCUT2D eigenvalue weighted by Crippen LogP contribution is 2.55. The fourth-order valence-corrected chi connectivity index (χ4v) is 4.27. The van der Waals surface area contributed by atoms with Crippen LogP contribution < -0.4 is 10.5 Å². The van der Waals surface area contributed by atoms with Crippen LogP contribution in [0.3, 0.4) is 0 Å². The van der Waals surface area contributed by atoms with E-state index in [0.717, 1.165) is 17.7 Å². The Kier molecular flexibility index (Phi) is 4.91. The summed E-state index contributed by atoms with van der Waals surface area (Å²) in [6.07, 6.45) is 2.00. The molecule has 1 aliphatic carbocycles. The van der Waals surface area contributed by atoms with E-state index in [1.807, 2.05) is 30.3 Å². The van der Waals surface area contributed by atoms with Crippen molar-refractivity contribution in [3.05, 3.63) is 52.7 Å². The zero-order valence-corrected chi connectivity index (χ0v) is 15.4. The molecule has 0 unspecified atom stereocenters. The number of nitrogens with zero attached hydrogens (tertiary/aromatic N) is 4. The molecule has 6 heteroatoms. The molecular weight excluding hydrogens is 338 g/mol. The van der Waals surface area contributed by atoms with Gasteiger partial charge < -0.3 is 10.5 Å². The molecule has 1 heterocycles. The predicted octanol–water partition coefficient (Wildman–Crippen LogP) is 2.44. The van der Waals surface area contributed by atoms with Crippen molar-refractivity contribution in [3.63, 3.8) is 0 Å². The topological polar surface area (TPSA) is 110 Å². The number of benzene rings is 1. The van der Waals surface area contributed by atoms with Crippen molar-refractivity contribution in [1.29, 1.82) is 15.8 Å². The number of hydrogen-bond acceptors (Lipinski definition) is 6. The Balaban J connectivity index is 2.35. The van der Waals surface area contributed by atoms with Crippen LogP contribution >= 0.6 is 0 Å². The Morgan fingerprint density at radius 2 is 1.96 bits per heavy atom. The molecule has 0 saturated carbocycles. The van der Waals surface area contributed by atoms with Gasteiger partial charge in [-0.25, -0.2) is 0 Å². The smallest absolute Gasteiger partial charge is 0.191 e. The Hall–Kier alpha value is -3.27. The molecule has 0 amide bonds. The maximum absolute atomic E-state index is 10.1. The van der Waals surface area contributed by atoms with E-state index in [-0.39, 0.29) is 17.2 Å². The van der Waals surface area contributed by atoms with Gasteiger partial charge >= 0.3 is 0 Å². The van der Waals surface area contributed by atoms with Gasteiger partial charge in [-0.2, -0.15) is 15.8 Å². The second kappa shape index (κ2) is 7.16. The first-order chi connectivity index (χ1) is 13.1. The van der Waals surface area contributed by atoms with Crippen molar-refractivity contribution in [2.75, 3.05) is 26.7 Å². The number of hydrogen-bond donors (Lipinski definition) is 1. The third-order valence-corrected chi connectivity index (χ3v) is 5.66. The maximum Gasteiger partial charge on any atom is 0.191 e. The lowest BCUT2D eigenvalue weighted by molar-refractivity contribution is 0.212. The summed E-state index contributed by atoms with van der Waals surface area (Å²) >= 11 is 0. The predicted molar refractivity (Wildman–Crippen MR) is 99.9 cm³/mol. The molecule has 0 aromatic heterocycles. The van der Waals surface area contributed by atoms with Crippen LogP contribution in [0.25, 0.3) is 0 Å². The zero-order chi connectivity index (χ0) is 19.6. The van der Waals surface area contributed by atoms with Gasteiger partial charge in [0.2, 0.25) is 0 Å². The lowest BCUT2D eigenvalue weighted by atomic mass is 9.58. The number of nitriles is 3. The molecule has 0 saturated heterocycles. The highest BCUT2D eigenvalue weighted by Gasteiger charge is 2.55. The molecular formula is C21H21N5O. The Morgan fingerprint density at radius 1 is 1.26 bits per heavy atom. The van der Waals surface area contributed by atoms with E-state index in [9.17, 15) is 15.8 Å². The summed E-state index contributed by atoms with van der Waals surface area (Å²) in [7, 11) is 1.57. The fraction of sp³-hybridized carbons (Fsp3) is 0.381. The quantitative estimate of drug-likeness (QED) is 0.887. The van der Waals surface area contributed by atoms with Gasteiger partial charge in [0.1, 0.15) is 11.8 Å². The van der Waals surface area contributed by atoms with Crippen LogP contribution in [0.5, 0.6) is 5.75 Å². The van der Waals surface area contributed by atoms with E-state index in [0.29, 0.717) is 18.8 Å². The van der Waals surface area contributed by atoms with E-state index in [1.165, 1.54) is 0 Å². The molecule has 0 spiro atoms. The van der Waals surface area contributed by atoms with Gasteiger partial charge in [-0.05, 0) is 18.2 Å². The highest BCUT2D eigenvalue weighted by atomic mass is 16.5. The van der Waals surface area contributed by atoms with Gasteiger partial charge in [-0.1, -0.05) is 31.2 Å². The summed E-state index contributed by atoms with van der Waals surface area (Å²) in [6, 6.07) is 13.8. The summed E-state index contributed by atoms with van der Waals surface area (Å²) < 4.78 is 5.53. The average molecular weight is 359 g/mol. The van der Waals surface area contributed by atoms with Crippen molar-refractivity contribution >= 4 is 0 Å². The fourth-order valence-electron chi connectivity index (χ4n) is 4.27. The van der Waals surface area contributed by atoms with Gasteiger partial charge in [0, 0.05) is 30.5 Å². The van der Waals surface area contributed by atoms with Gasteiger partial charge in [0.15, 0.2) is 5.41 Å². The van der Waals surface area contributed by atoms with Gasteiger partial charge in [0.25, 0.3) is 0 Å². The number of likely N-dealkylation sites (N-methyl/N-ethyl adjacent to an activating group) is 1. The number of para-hydroxylation sites is 1. The molecule has 2 atom stereocenters. The third kappa shape index (κ3) is 2.65. The summed E-state index contributed by atoms with van der Waals surface area (Å²) in [5.41, 5.74) is 6.57. The second-order valence-corrected chi connectivity index (χ2v) is 6.77. The minimum absolute atomic E-state index is 0.0401. The first-order valence-electron chi connectivity index (χ1n) is 8.86. The molecule has 0 bridgehead atoms. The van der Waals surface area contributed by atoms with Crippen LogP contribution in [0.4, 0.5) is 0 Å².